The van der Waals surface area contributed by atoms with Crippen LogP contribution in [0.5, 0.6) is 5.75 Å². The largest absolute Gasteiger partial charge is 0.487 e. The van der Waals surface area contributed by atoms with Crippen LogP contribution >= 0.6 is 0 Å². The molecule has 1 aliphatic carbocycles. The van der Waals surface area contributed by atoms with Gasteiger partial charge in [-0.25, -0.2) is 9.78 Å². The minimum Gasteiger partial charge on any atom is -0.487 e. The molecule has 1 N–H and O–H groups in total. The number of terminal acetylenes is 1. The summed E-state index contributed by atoms with van der Waals surface area (Å²) in [5.74, 6) is 3.68. The first-order chi connectivity index (χ1) is 17.0. The third kappa shape index (κ3) is 4.60. The molecular weight excluding hydrogens is 442 g/mol. The molecule has 35 heavy (non-hydrogen) atoms. The molecule has 1 fully saturated rings. The molecule has 1 amide bonds. The molecule has 0 radical (unpaired) electrons. The molecule has 2 aromatic heterocycles. The summed E-state index contributed by atoms with van der Waals surface area (Å²) in [4.78, 5) is 16.1. The zero-order chi connectivity index (χ0) is 24.4. The fraction of sp³-hybridized carbons (Fsp3) is 0.286. The Bertz CT molecular complexity index is 1370. The molecule has 2 aromatic carbocycles. The number of oxazole rings is 1. The van der Waals surface area contributed by atoms with E-state index in [1.165, 1.54) is 12.8 Å². The second kappa shape index (κ2) is 9.59. The fourth-order valence-electron chi connectivity index (χ4n) is 4.37. The molecule has 5 rings (SSSR count). The highest BCUT2D eigenvalue weighted by Crippen LogP contribution is 2.43. The SMILES string of the molecule is C#Cc1c(-c2ccc(NC(=O)OC(C)C)cc2)n(C2CCC2)c2cc(OCc3cocn3)ccc12. The zero-order valence-corrected chi connectivity index (χ0v) is 19.8. The average molecular weight is 470 g/mol. The summed E-state index contributed by atoms with van der Waals surface area (Å²) in [6.07, 6.45) is 11.7. The third-order valence-electron chi connectivity index (χ3n) is 6.18. The minimum absolute atomic E-state index is 0.185. The number of fused-ring (bicyclic) bond motifs is 1. The summed E-state index contributed by atoms with van der Waals surface area (Å²) in [5.41, 5.74) is 5.31. The summed E-state index contributed by atoms with van der Waals surface area (Å²) in [7, 11) is 0. The number of nitrogens with one attached hydrogen (secondary N) is 1. The van der Waals surface area contributed by atoms with Crippen LogP contribution in [0.15, 0.2) is 59.5 Å². The second-order valence-electron chi connectivity index (χ2n) is 8.93. The highest BCUT2D eigenvalue weighted by atomic mass is 16.6. The molecule has 0 unspecified atom stereocenters. The van der Waals surface area contributed by atoms with Gasteiger partial charge in [-0.05, 0) is 62.9 Å². The monoisotopic (exact) mass is 469 g/mol. The van der Waals surface area contributed by atoms with Gasteiger partial charge in [0.15, 0.2) is 6.39 Å². The minimum atomic E-state index is -0.473. The maximum atomic E-state index is 12.0. The lowest BCUT2D eigenvalue weighted by Gasteiger charge is -2.30. The average Bonchev–Trinajstić information content (AvgIpc) is 3.43. The van der Waals surface area contributed by atoms with Crippen LogP contribution in [-0.2, 0) is 11.3 Å². The number of aromatic nitrogens is 2. The van der Waals surface area contributed by atoms with Gasteiger partial charge in [0.1, 0.15) is 24.3 Å². The summed E-state index contributed by atoms with van der Waals surface area (Å²) >= 11 is 0. The van der Waals surface area contributed by atoms with Crippen molar-refractivity contribution in [3.63, 3.8) is 0 Å². The molecule has 2 heterocycles. The van der Waals surface area contributed by atoms with Crippen LogP contribution in [0, 0.1) is 12.3 Å². The molecule has 7 nitrogen and oxygen atoms in total. The van der Waals surface area contributed by atoms with E-state index in [0.29, 0.717) is 18.3 Å². The zero-order valence-electron chi connectivity index (χ0n) is 19.8. The third-order valence-corrected chi connectivity index (χ3v) is 6.18. The van der Waals surface area contributed by atoms with Crippen molar-refractivity contribution in [3.8, 4) is 29.4 Å². The van der Waals surface area contributed by atoms with E-state index in [2.05, 4.69) is 26.9 Å². The van der Waals surface area contributed by atoms with E-state index in [1.54, 1.807) is 6.26 Å². The molecule has 1 saturated carbocycles. The summed E-state index contributed by atoms with van der Waals surface area (Å²) < 4.78 is 18.5. The van der Waals surface area contributed by atoms with Gasteiger partial charge in [0.05, 0.1) is 22.9 Å². The Morgan fingerprint density at radius 1 is 1.26 bits per heavy atom. The van der Waals surface area contributed by atoms with Crippen LogP contribution in [0.4, 0.5) is 10.5 Å². The number of benzene rings is 2. The topological polar surface area (TPSA) is 78.5 Å². The number of hydrogen-bond acceptors (Lipinski definition) is 5. The van der Waals surface area contributed by atoms with Crippen molar-refractivity contribution in [2.75, 3.05) is 5.32 Å². The molecule has 0 aliphatic heterocycles. The van der Waals surface area contributed by atoms with Crippen molar-refractivity contribution in [2.45, 2.75) is 51.9 Å². The highest BCUT2D eigenvalue weighted by Gasteiger charge is 2.27. The van der Waals surface area contributed by atoms with Crippen LogP contribution in [0.2, 0.25) is 0 Å². The van der Waals surface area contributed by atoms with Crippen LogP contribution in [-0.4, -0.2) is 21.7 Å². The fourth-order valence-corrected chi connectivity index (χ4v) is 4.37. The van der Waals surface area contributed by atoms with E-state index >= 15 is 0 Å². The van der Waals surface area contributed by atoms with Crippen molar-refractivity contribution < 1.29 is 18.7 Å². The van der Waals surface area contributed by atoms with Crippen LogP contribution in [0.3, 0.4) is 0 Å². The number of anilines is 1. The first kappa shape index (κ1) is 22.6. The van der Waals surface area contributed by atoms with Gasteiger partial charge in [0.25, 0.3) is 0 Å². The molecule has 178 valence electrons. The van der Waals surface area contributed by atoms with Gasteiger partial charge in [0, 0.05) is 23.2 Å². The van der Waals surface area contributed by atoms with Crippen molar-refractivity contribution in [3.05, 3.63) is 66.4 Å². The van der Waals surface area contributed by atoms with Gasteiger partial charge >= 0.3 is 6.09 Å². The first-order valence-corrected chi connectivity index (χ1v) is 11.8. The molecule has 0 atom stereocenters. The van der Waals surface area contributed by atoms with Gasteiger partial charge in [-0.3, -0.25) is 5.32 Å². The van der Waals surface area contributed by atoms with Gasteiger partial charge in [-0.2, -0.15) is 0 Å². The number of ether oxygens (including phenoxy) is 2. The Kier molecular flexibility index (Phi) is 6.19. The first-order valence-electron chi connectivity index (χ1n) is 11.8. The Labute approximate surface area is 204 Å². The highest BCUT2D eigenvalue weighted by molar-refractivity contribution is 5.96. The van der Waals surface area contributed by atoms with Gasteiger partial charge in [-0.1, -0.05) is 18.1 Å². The van der Waals surface area contributed by atoms with E-state index in [4.69, 9.17) is 20.3 Å². The normalized spacial score (nSPS) is 13.4. The summed E-state index contributed by atoms with van der Waals surface area (Å²) in [6, 6.07) is 14.1. The Morgan fingerprint density at radius 2 is 2.06 bits per heavy atom. The summed E-state index contributed by atoms with van der Waals surface area (Å²) in [5, 5.41) is 3.78. The van der Waals surface area contributed by atoms with E-state index in [9.17, 15) is 4.79 Å². The van der Waals surface area contributed by atoms with Crippen LogP contribution < -0.4 is 10.1 Å². The van der Waals surface area contributed by atoms with E-state index in [1.807, 2.05) is 50.2 Å². The lowest BCUT2D eigenvalue weighted by molar-refractivity contribution is 0.130. The number of nitrogens with zero attached hydrogens (tertiary/aromatic N) is 2. The Hall–Kier alpha value is -4.18. The number of rotatable bonds is 7. The second-order valence-corrected chi connectivity index (χ2v) is 8.93. The van der Waals surface area contributed by atoms with Crippen molar-refractivity contribution in [2.24, 2.45) is 0 Å². The smallest absolute Gasteiger partial charge is 0.411 e. The van der Waals surface area contributed by atoms with E-state index in [0.717, 1.165) is 52.0 Å². The molecule has 1 aliphatic rings. The Balaban J connectivity index is 1.51. The number of hydrogen-bond donors (Lipinski definition) is 1. The van der Waals surface area contributed by atoms with Crippen molar-refractivity contribution in [1.82, 2.24) is 9.55 Å². The van der Waals surface area contributed by atoms with Crippen molar-refractivity contribution in [1.29, 1.82) is 0 Å². The quantitative estimate of drug-likeness (QED) is 0.311. The lowest BCUT2D eigenvalue weighted by Crippen LogP contribution is -2.18. The van der Waals surface area contributed by atoms with Crippen molar-refractivity contribution >= 4 is 22.7 Å². The molecular formula is C28H27N3O4. The molecule has 0 spiro atoms. The lowest BCUT2D eigenvalue weighted by atomic mass is 9.92. The van der Waals surface area contributed by atoms with Crippen LogP contribution in [0.1, 0.15) is 50.4 Å². The van der Waals surface area contributed by atoms with Gasteiger partial charge < -0.3 is 18.5 Å². The van der Waals surface area contributed by atoms with E-state index in [-0.39, 0.29) is 6.10 Å². The maximum Gasteiger partial charge on any atom is 0.411 e. The van der Waals surface area contributed by atoms with Crippen LogP contribution in [0.25, 0.3) is 22.2 Å². The number of carbonyl (C=O) groups is 1. The summed E-state index contributed by atoms with van der Waals surface area (Å²) in [6.45, 7) is 3.96. The molecule has 4 aromatic rings. The van der Waals surface area contributed by atoms with Gasteiger partial charge in [-0.15, -0.1) is 6.42 Å². The standard InChI is InChI=1S/C28H27N3O4/c1-4-24-25-13-12-23(34-16-21-15-33-17-29-21)14-26(25)31(22-6-5-7-22)27(24)19-8-10-20(11-9-19)30-28(32)35-18(2)3/h1,8-15,17-18,22H,5-7,16H2,2-3H3,(H,30,32). The van der Waals surface area contributed by atoms with Gasteiger partial charge in [0.2, 0.25) is 0 Å². The Morgan fingerprint density at radius 3 is 2.69 bits per heavy atom. The molecule has 7 heteroatoms. The number of carbonyl (C=O) groups excluding carboxylic acids is 1. The molecule has 0 bridgehead atoms. The molecule has 0 saturated heterocycles. The number of amides is 1. The van der Waals surface area contributed by atoms with E-state index < -0.39 is 6.09 Å². The predicted molar refractivity (Wildman–Crippen MR) is 134 cm³/mol. The predicted octanol–water partition coefficient (Wildman–Crippen LogP) is 6.54. The maximum absolute atomic E-state index is 12.0.